The van der Waals surface area contributed by atoms with E-state index in [9.17, 15) is 9.90 Å². The number of carbonyl (C=O) groups is 1. The van der Waals surface area contributed by atoms with Crippen molar-refractivity contribution in [3.05, 3.63) is 58.7 Å². The number of fused-ring (bicyclic) bond motifs is 1. The minimum atomic E-state index is -0.960. The van der Waals surface area contributed by atoms with Gasteiger partial charge in [-0.2, -0.15) is 0 Å². The fourth-order valence-electron chi connectivity index (χ4n) is 4.21. The highest BCUT2D eigenvalue weighted by atomic mass is 16.4. The summed E-state index contributed by atoms with van der Waals surface area (Å²) in [5.74, 6) is 0.656. The molecule has 2 aromatic rings. The van der Waals surface area contributed by atoms with Crippen molar-refractivity contribution in [2.75, 3.05) is 0 Å². The number of amides is 1. The molecule has 0 aliphatic heterocycles. The highest BCUT2D eigenvalue weighted by Crippen LogP contribution is 2.47. The van der Waals surface area contributed by atoms with E-state index in [1.807, 2.05) is 0 Å². The highest BCUT2D eigenvalue weighted by molar-refractivity contribution is 5.71. The number of hydrogen-bond donors (Lipinski definition) is 2. The van der Waals surface area contributed by atoms with E-state index in [0.717, 1.165) is 18.4 Å². The van der Waals surface area contributed by atoms with Gasteiger partial charge < -0.3 is 10.4 Å². The summed E-state index contributed by atoms with van der Waals surface area (Å²) in [7, 11) is 0. The normalized spacial score (nSPS) is 18.0. The molecule has 2 N–H and O–H groups in total. The molecule has 0 spiro atoms. The summed E-state index contributed by atoms with van der Waals surface area (Å²) in [5.41, 5.74) is 7.28. The Morgan fingerprint density at radius 3 is 2.46 bits per heavy atom. The van der Waals surface area contributed by atoms with Crippen LogP contribution in [0.3, 0.4) is 0 Å². The number of hydrogen-bond acceptors (Lipinski definition) is 1. The van der Waals surface area contributed by atoms with Gasteiger partial charge in [0, 0.05) is 0 Å². The Kier molecular flexibility index (Phi) is 4.83. The largest absolute Gasteiger partial charge is 0.465 e. The molecular weight excluding hydrogens is 322 g/mol. The third-order valence-corrected chi connectivity index (χ3v) is 5.40. The van der Waals surface area contributed by atoms with Crippen molar-refractivity contribution in [1.29, 1.82) is 0 Å². The van der Waals surface area contributed by atoms with E-state index >= 15 is 0 Å². The first-order valence-electron chi connectivity index (χ1n) is 9.39. The van der Waals surface area contributed by atoms with Gasteiger partial charge in [-0.1, -0.05) is 64.1 Å². The maximum Gasteiger partial charge on any atom is 0.405 e. The van der Waals surface area contributed by atoms with Gasteiger partial charge in [-0.3, -0.25) is 0 Å². The van der Waals surface area contributed by atoms with Crippen molar-refractivity contribution >= 4 is 6.09 Å². The van der Waals surface area contributed by atoms with Crippen LogP contribution in [0.4, 0.5) is 4.79 Å². The van der Waals surface area contributed by atoms with E-state index in [0.29, 0.717) is 5.92 Å². The lowest BCUT2D eigenvalue weighted by atomic mass is 9.85. The lowest BCUT2D eigenvalue weighted by Crippen LogP contribution is -2.34. The molecule has 0 radical (unpaired) electrons. The molecule has 0 unspecified atom stereocenters. The van der Waals surface area contributed by atoms with Gasteiger partial charge in [0.2, 0.25) is 0 Å². The van der Waals surface area contributed by atoms with E-state index in [4.69, 9.17) is 0 Å². The van der Waals surface area contributed by atoms with Gasteiger partial charge in [0.1, 0.15) is 0 Å². The Morgan fingerprint density at radius 2 is 1.88 bits per heavy atom. The van der Waals surface area contributed by atoms with Crippen molar-refractivity contribution in [3.8, 4) is 11.1 Å². The molecule has 1 atom stereocenters. The van der Waals surface area contributed by atoms with Crippen LogP contribution < -0.4 is 5.32 Å². The van der Waals surface area contributed by atoms with E-state index < -0.39 is 6.09 Å². The molecule has 26 heavy (non-hydrogen) atoms. The van der Waals surface area contributed by atoms with Gasteiger partial charge in [0.25, 0.3) is 0 Å². The Hall–Kier alpha value is -2.29. The van der Waals surface area contributed by atoms with Crippen molar-refractivity contribution in [2.24, 2.45) is 11.3 Å². The van der Waals surface area contributed by atoms with Crippen LogP contribution in [0, 0.1) is 18.3 Å². The third-order valence-electron chi connectivity index (χ3n) is 5.40. The molecule has 3 nitrogen and oxygen atoms in total. The molecular formula is C23H29NO2. The first-order chi connectivity index (χ1) is 12.2. The first-order valence-corrected chi connectivity index (χ1v) is 9.39. The molecule has 0 saturated heterocycles. The van der Waals surface area contributed by atoms with Crippen molar-refractivity contribution in [3.63, 3.8) is 0 Å². The van der Waals surface area contributed by atoms with Gasteiger partial charge >= 0.3 is 6.09 Å². The second-order valence-electron chi connectivity index (χ2n) is 8.71. The first kappa shape index (κ1) is 18.5. The minimum Gasteiger partial charge on any atom is -0.465 e. The molecule has 1 amide bonds. The number of nitrogens with one attached hydrogen (secondary N) is 1. The smallest absolute Gasteiger partial charge is 0.405 e. The summed E-state index contributed by atoms with van der Waals surface area (Å²) >= 11 is 0. The fourth-order valence-corrected chi connectivity index (χ4v) is 4.21. The second-order valence-corrected chi connectivity index (χ2v) is 8.71. The zero-order valence-corrected chi connectivity index (χ0v) is 16.4. The molecule has 0 fully saturated rings. The van der Waals surface area contributed by atoms with Crippen LogP contribution in [0.2, 0.25) is 0 Å². The Bertz CT molecular complexity index is 819. The summed E-state index contributed by atoms with van der Waals surface area (Å²) in [6, 6.07) is 13.1. The summed E-state index contributed by atoms with van der Waals surface area (Å²) in [6.07, 6.45) is 1.02. The Balaban J connectivity index is 1.96. The molecule has 0 aromatic heterocycles. The van der Waals surface area contributed by atoms with E-state index in [1.165, 1.54) is 27.8 Å². The summed E-state index contributed by atoms with van der Waals surface area (Å²) in [5, 5.41) is 11.9. The molecule has 0 bridgehead atoms. The van der Waals surface area contributed by atoms with Crippen LogP contribution in [0.1, 0.15) is 56.0 Å². The van der Waals surface area contributed by atoms with Gasteiger partial charge in [-0.25, -0.2) is 4.79 Å². The van der Waals surface area contributed by atoms with Gasteiger partial charge in [0.15, 0.2) is 0 Å². The second kappa shape index (κ2) is 6.79. The molecule has 138 valence electrons. The molecule has 3 heteroatoms. The number of carboxylic acid groups (broad SMARTS) is 1. The molecule has 2 aromatic carbocycles. The van der Waals surface area contributed by atoms with Crippen LogP contribution >= 0.6 is 0 Å². The summed E-state index contributed by atoms with van der Waals surface area (Å²) in [4.78, 5) is 11.2. The van der Waals surface area contributed by atoms with Gasteiger partial charge in [-0.15, -0.1) is 0 Å². The average Bonchev–Trinajstić information content (AvgIpc) is 2.77. The molecule has 1 aliphatic rings. The van der Waals surface area contributed by atoms with E-state index in [1.54, 1.807) is 0 Å². The highest BCUT2D eigenvalue weighted by Gasteiger charge is 2.40. The monoisotopic (exact) mass is 351 g/mol. The van der Waals surface area contributed by atoms with Crippen LogP contribution in [0.25, 0.3) is 11.1 Å². The van der Waals surface area contributed by atoms with Crippen molar-refractivity contribution in [2.45, 2.75) is 53.5 Å². The van der Waals surface area contributed by atoms with Gasteiger partial charge in [-0.05, 0) is 64.5 Å². The average molecular weight is 351 g/mol. The molecule has 1 aliphatic carbocycles. The quantitative estimate of drug-likeness (QED) is 0.736. The SMILES string of the molecule is Cc1cc2c(cc1-c1ccc(CC(C)C)cc1)CC(C)(C)[C@H]2NC(=O)O. The van der Waals surface area contributed by atoms with Crippen molar-refractivity contribution in [1.82, 2.24) is 5.32 Å². The van der Waals surface area contributed by atoms with E-state index in [2.05, 4.69) is 76.3 Å². The zero-order valence-electron chi connectivity index (χ0n) is 16.4. The van der Waals surface area contributed by atoms with Crippen LogP contribution in [-0.4, -0.2) is 11.2 Å². The van der Waals surface area contributed by atoms with Crippen molar-refractivity contribution < 1.29 is 9.90 Å². The summed E-state index contributed by atoms with van der Waals surface area (Å²) < 4.78 is 0. The number of rotatable bonds is 4. The maximum absolute atomic E-state index is 11.2. The Morgan fingerprint density at radius 1 is 1.23 bits per heavy atom. The van der Waals surface area contributed by atoms with Crippen LogP contribution in [0.15, 0.2) is 36.4 Å². The fraction of sp³-hybridized carbons (Fsp3) is 0.435. The lowest BCUT2D eigenvalue weighted by molar-refractivity contribution is 0.175. The lowest BCUT2D eigenvalue weighted by Gasteiger charge is -2.27. The molecule has 3 rings (SSSR count). The van der Waals surface area contributed by atoms with Gasteiger partial charge in [0.05, 0.1) is 6.04 Å². The predicted molar refractivity (Wildman–Crippen MR) is 107 cm³/mol. The maximum atomic E-state index is 11.2. The zero-order chi connectivity index (χ0) is 19.1. The number of aryl methyl sites for hydroxylation is 1. The van der Waals surface area contributed by atoms with E-state index in [-0.39, 0.29) is 11.5 Å². The van der Waals surface area contributed by atoms with Crippen LogP contribution in [0.5, 0.6) is 0 Å². The topological polar surface area (TPSA) is 49.3 Å². The molecule has 0 heterocycles. The Labute approximate surface area is 156 Å². The standard InChI is InChI=1S/C23H29NO2/c1-14(2)10-16-6-8-17(9-7-16)19-12-18-13-23(4,5)21(24-22(25)26)20(18)11-15(19)3/h6-9,11-12,14,21,24H,10,13H2,1-5H3,(H,25,26)/t21-/m0/s1. The minimum absolute atomic E-state index is 0.118. The third kappa shape index (κ3) is 3.62. The number of benzene rings is 2. The van der Waals surface area contributed by atoms with Crippen LogP contribution in [-0.2, 0) is 12.8 Å². The summed E-state index contributed by atoms with van der Waals surface area (Å²) in [6.45, 7) is 10.8. The predicted octanol–water partition coefficient (Wildman–Crippen LogP) is 5.75. The molecule has 0 saturated carbocycles.